The van der Waals surface area contributed by atoms with Crippen molar-refractivity contribution in [3.63, 3.8) is 0 Å². The van der Waals surface area contributed by atoms with Gasteiger partial charge in [-0.2, -0.15) is 4.98 Å². The molecular formula is C17H14FN5O2S. The third-order valence-electron chi connectivity index (χ3n) is 3.73. The number of aryl methyl sites for hydroxylation is 1. The second-order valence-electron chi connectivity index (χ2n) is 5.64. The molecule has 0 amide bonds. The molecule has 7 nitrogen and oxygen atoms in total. The lowest BCUT2D eigenvalue weighted by atomic mass is 10.1. The van der Waals surface area contributed by atoms with E-state index in [0.29, 0.717) is 34.0 Å². The fourth-order valence-electron chi connectivity index (χ4n) is 2.28. The van der Waals surface area contributed by atoms with Crippen LogP contribution >= 0.6 is 11.8 Å². The second kappa shape index (κ2) is 6.75. The lowest BCUT2D eigenvalue weighted by Gasteiger charge is -2.01. The summed E-state index contributed by atoms with van der Waals surface area (Å²) < 4.78 is 24.6. The van der Waals surface area contributed by atoms with Crippen molar-refractivity contribution in [3.8, 4) is 23.0 Å². The van der Waals surface area contributed by atoms with Gasteiger partial charge >= 0.3 is 0 Å². The number of benzene rings is 1. The minimum absolute atomic E-state index is 0.205. The number of aromatic nitrogens is 5. The Bertz CT molecular complexity index is 1030. The van der Waals surface area contributed by atoms with Gasteiger partial charge in [0.05, 0.1) is 5.25 Å². The van der Waals surface area contributed by atoms with Crippen molar-refractivity contribution in [2.45, 2.75) is 24.3 Å². The van der Waals surface area contributed by atoms with Crippen molar-refractivity contribution in [2.24, 2.45) is 0 Å². The molecule has 1 aromatic carbocycles. The quantitative estimate of drug-likeness (QED) is 0.519. The Morgan fingerprint density at radius 1 is 1.23 bits per heavy atom. The molecule has 132 valence electrons. The molecule has 0 spiro atoms. The summed E-state index contributed by atoms with van der Waals surface area (Å²) in [7, 11) is 0. The van der Waals surface area contributed by atoms with Gasteiger partial charge in [-0.05, 0) is 37.6 Å². The molecule has 0 saturated carbocycles. The van der Waals surface area contributed by atoms with Crippen molar-refractivity contribution >= 4 is 11.8 Å². The standard InChI is InChI=1S/C17H14FN5O2S/c1-9-5-6-11(8-12(9)18)14-20-15(25-23-14)10(2)26-17-22-21-16(24-17)13-4-3-7-19-13/h3-8,10,19H,1-2H3. The summed E-state index contributed by atoms with van der Waals surface area (Å²) in [4.78, 5) is 7.35. The van der Waals surface area contributed by atoms with E-state index in [0.717, 1.165) is 5.69 Å². The van der Waals surface area contributed by atoms with E-state index in [2.05, 4.69) is 25.3 Å². The number of aromatic amines is 1. The predicted octanol–water partition coefficient (Wildman–Crippen LogP) is 4.42. The zero-order chi connectivity index (χ0) is 18.1. The molecule has 3 aromatic heterocycles. The Balaban J connectivity index is 1.49. The number of halogens is 1. The topological polar surface area (TPSA) is 93.6 Å². The number of rotatable bonds is 5. The molecule has 3 heterocycles. The highest BCUT2D eigenvalue weighted by molar-refractivity contribution is 7.99. The summed E-state index contributed by atoms with van der Waals surface area (Å²) in [6.07, 6.45) is 1.78. The highest BCUT2D eigenvalue weighted by atomic mass is 32.2. The fourth-order valence-corrected chi connectivity index (χ4v) is 2.99. The molecule has 0 aliphatic carbocycles. The molecule has 1 atom stereocenters. The first kappa shape index (κ1) is 16.5. The Kier molecular flexibility index (Phi) is 4.29. The Labute approximate surface area is 152 Å². The Hall–Kier alpha value is -2.94. The van der Waals surface area contributed by atoms with Gasteiger partial charge in [0.1, 0.15) is 11.5 Å². The zero-order valence-corrected chi connectivity index (χ0v) is 14.7. The number of H-pyrrole nitrogens is 1. The third kappa shape index (κ3) is 3.25. The lowest BCUT2D eigenvalue weighted by molar-refractivity contribution is 0.379. The number of hydrogen-bond acceptors (Lipinski definition) is 7. The van der Waals surface area contributed by atoms with Crippen LogP contribution < -0.4 is 0 Å². The van der Waals surface area contributed by atoms with Crippen LogP contribution in [-0.4, -0.2) is 25.3 Å². The van der Waals surface area contributed by atoms with E-state index in [1.807, 2.05) is 19.1 Å². The highest BCUT2D eigenvalue weighted by Gasteiger charge is 2.20. The highest BCUT2D eigenvalue weighted by Crippen LogP contribution is 2.35. The van der Waals surface area contributed by atoms with Gasteiger partial charge in [0.15, 0.2) is 0 Å². The normalized spacial score (nSPS) is 12.4. The number of nitrogens with zero attached hydrogens (tertiary/aromatic N) is 4. The number of hydrogen-bond donors (Lipinski definition) is 1. The van der Waals surface area contributed by atoms with Crippen LogP contribution in [0.15, 0.2) is 50.7 Å². The van der Waals surface area contributed by atoms with Gasteiger partial charge in [0.2, 0.25) is 11.7 Å². The van der Waals surface area contributed by atoms with E-state index in [4.69, 9.17) is 8.94 Å². The number of nitrogens with one attached hydrogen (secondary N) is 1. The van der Waals surface area contributed by atoms with E-state index < -0.39 is 0 Å². The fraction of sp³-hybridized carbons (Fsp3) is 0.176. The van der Waals surface area contributed by atoms with Gasteiger partial charge in [-0.25, -0.2) is 4.39 Å². The van der Waals surface area contributed by atoms with Crippen LogP contribution in [0, 0.1) is 12.7 Å². The van der Waals surface area contributed by atoms with Crippen LogP contribution in [0.1, 0.15) is 23.6 Å². The van der Waals surface area contributed by atoms with E-state index in [1.165, 1.54) is 17.8 Å². The van der Waals surface area contributed by atoms with E-state index >= 15 is 0 Å². The maximum Gasteiger partial charge on any atom is 0.277 e. The molecule has 0 saturated heterocycles. The van der Waals surface area contributed by atoms with E-state index in [9.17, 15) is 4.39 Å². The monoisotopic (exact) mass is 371 g/mol. The van der Waals surface area contributed by atoms with Crippen LogP contribution in [0.5, 0.6) is 0 Å². The molecule has 0 radical (unpaired) electrons. The van der Waals surface area contributed by atoms with Gasteiger partial charge < -0.3 is 13.9 Å². The largest absolute Gasteiger partial charge is 0.410 e. The Morgan fingerprint density at radius 2 is 2.12 bits per heavy atom. The predicted molar refractivity (Wildman–Crippen MR) is 92.8 cm³/mol. The van der Waals surface area contributed by atoms with Crippen molar-refractivity contribution in [2.75, 3.05) is 0 Å². The van der Waals surface area contributed by atoms with Crippen LogP contribution in [0.3, 0.4) is 0 Å². The molecular weight excluding hydrogens is 357 g/mol. The summed E-state index contributed by atoms with van der Waals surface area (Å²) in [6, 6.07) is 8.52. The Morgan fingerprint density at radius 3 is 2.88 bits per heavy atom. The summed E-state index contributed by atoms with van der Waals surface area (Å²) in [5.41, 5.74) is 1.88. The number of thioether (sulfide) groups is 1. The summed E-state index contributed by atoms with van der Waals surface area (Å²) in [5.74, 6) is 0.833. The van der Waals surface area contributed by atoms with E-state index in [-0.39, 0.29) is 11.1 Å². The molecule has 1 unspecified atom stereocenters. The van der Waals surface area contributed by atoms with Gasteiger partial charge in [-0.1, -0.05) is 29.1 Å². The first-order chi connectivity index (χ1) is 12.6. The summed E-state index contributed by atoms with van der Waals surface area (Å²) in [6.45, 7) is 3.58. The summed E-state index contributed by atoms with van der Waals surface area (Å²) >= 11 is 1.30. The minimum Gasteiger partial charge on any atom is -0.410 e. The van der Waals surface area contributed by atoms with Crippen molar-refractivity contribution in [3.05, 3.63) is 53.8 Å². The molecule has 0 aliphatic heterocycles. The van der Waals surface area contributed by atoms with Crippen molar-refractivity contribution < 1.29 is 13.3 Å². The maximum absolute atomic E-state index is 13.7. The smallest absolute Gasteiger partial charge is 0.277 e. The molecule has 0 aliphatic rings. The molecule has 0 fully saturated rings. The third-order valence-corrected chi connectivity index (χ3v) is 4.65. The molecule has 26 heavy (non-hydrogen) atoms. The minimum atomic E-state index is -0.307. The molecule has 9 heteroatoms. The van der Waals surface area contributed by atoms with Crippen LogP contribution in [0.2, 0.25) is 0 Å². The SMILES string of the molecule is Cc1ccc(-c2noc(C(C)Sc3nnc(-c4ccc[nH]4)o3)n2)cc1F. The molecule has 0 bridgehead atoms. The molecule has 1 N–H and O–H groups in total. The molecule has 4 aromatic rings. The zero-order valence-electron chi connectivity index (χ0n) is 13.9. The average Bonchev–Trinajstić information content (AvgIpc) is 3.38. The van der Waals surface area contributed by atoms with Gasteiger partial charge in [-0.3, -0.25) is 0 Å². The van der Waals surface area contributed by atoms with Crippen LogP contribution in [0.25, 0.3) is 23.0 Å². The van der Waals surface area contributed by atoms with Crippen LogP contribution in [-0.2, 0) is 0 Å². The van der Waals surface area contributed by atoms with Gasteiger partial charge in [-0.15, -0.1) is 10.2 Å². The lowest BCUT2D eigenvalue weighted by Crippen LogP contribution is -1.90. The van der Waals surface area contributed by atoms with Crippen molar-refractivity contribution in [1.82, 2.24) is 25.3 Å². The average molecular weight is 371 g/mol. The first-order valence-corrected chi connectivity index (χ1v) is 8.72. The van der Waals surface area contributed by atoms with Crippen molar-refractivity contribution in [1.29, 1.82) is 0 Å². The van der Waals surface area contributed by atoms with Gasteiger partial charge in [0, 0.05) is 11.8 Å². The first-order valence-electron chi connectivity index (χ1n) is 7.84. The van der Waals surface area contributed by atoms with Gasteiger partial charge in [0.25, 0.3) is 11.1 Å². The molecule has 4 rings (SSSR count). The summed E-state index contributed by atoms with van der Waals surface area (Å²) in [5, 5.41) is 12.1. The van der Waals surface area contributed by atoms with Crippen LogP contribution in [0.4, 0.5) is 4.39 Å². The maximum atomic E-state index is 13.7. The second-order valence-corrected chi connectivity index (χ2v) is 6.93. The van der Waals surface area contributed by atoms with E-state index in [1.54, 1.807) is 25.3 Å².